The van der Waals surface area contributed by atoms with Crippen LogP contribution in [0.25, 0.3) is 0 Å². The number of nitrogens with zero attached hydrogens (tertiary/aromatic N) is 2. The van der Waals surface area contributed by atoms with Crippen molar-refractivity contribution in [2.75, 3.05) is 33.3 Å². The van der Waals surface area contributed by atoms with Gasteiger partial charge in [0, 0.05) is 26.7 Å². The number of piperidine rings is 2. The highest BCUT2D eigenvalue weighted by Gasteiger charge is 2.36. The SMILES string of the molecule is COC1(C)CCCN(C(=O)N2CCC[C@@H](C(=O)O)C2)C1. The fourth-order valence-electron chi connectivity index (χ4n) is 3.09. The number of carboxylic acid groups (broad SMARTS) is 1. The van der Waals surface area contributed by atoms with Crippen LogP contribution in [0.3, 0.4) is 0 Å². The van der Waals surface area contributed by atoms with Crippen molar-refractivity contribution in [2.24, 2.45) is 5.92 Å². The number of aliphatic carboxylic acids is 1. The van der Waals surface area contributed by atoms with E-state index in [4.69, 9.17) is 9.84 Å². The number of likely N-dealkylation sites (tertiary alicyclic amines) is 2. The normalized spacial score (nSPS) is 31.2. The predicted molar refractivity (Wildman–Crippen MR) is 73.5 cm³/mol. The van der Waals surface area contributed by atoms with Gasteiger partial charge in [-0.3, -0.25) is 4.79 Å². The lowest BCUT2D eigenvalue weighted by molar-refractivity contribution is -0.143. The molecule has 6 nitrogen and oxygen atoms in total. The van der Waals surface area contributed by atoms with Crippen LogP contribution in [0.15, 0.2) is 0 Å². The van der Waals surface area contributed by atoms with E-state index in [0.29, 0.717) is 26.1 Å². The van der Waals surface area contributed by atoms with Crippen LogP contribution in [0, 0.1) is 5.92 Å². The minimum atomic E-state index is -0.803. The van der Waals surface area contributed by atoms with E-state index in [1.54, 1.807) is 16.9 Å². The Morgan fingerprint density at radius 1 is 1.25 bits per heavy atom. The summed E-state index contributed by atoms with van der Waals surface area (Å²) in [6.07, 6.45) is 3.30. The Balaban J connectivity index is 1.98. The number of hydrogen-bond acceptors (Lipinski definition) is 3. The first-order valence-corrected chi connectivity index (χ1v) is 7.27. The average Bonchev–Trinajstić information content (AvgIpc) is 2.46. The van der Waals surface area contributed by atoms with Crippen LogP contribution in [0.4, 0.5) is 4.79 Å². The molecule has 2 atom stereocenters. The Kier molecular flexibility index (Phi) is 4.52. The Morgan fingerprint density at radius 2 is 1.95 bits per heavy atom. The highest BCUT2D eigenvalue weighted by molar-refractivity contribution is 5.77. The molecule has 2 saturated heterocycles. The Morgan fingerprint density at radius 3 is 2.60 bits per heavy atom. The first-order valence-electron chi connectivity index (χ1n) is 7.27. The Bertz CT molecular complexity index is 387. The second kappa shape index (κ2) is 5.99. The van der Waals surface area contributed by atoms with Gasteiger partial charge in [0.25, 0.3) is 0 Å². The van der Waals surface area contributed by atoms with E-state index in [1.165, 1.54) is 0 Å². The number of ether oxygens (including phenoxy) is 1. The third-order valence-corrected chi connectivity index (χ3v) is 4.46. The molecule has 1 unspecified atom stereocenters. The van der Waals surface area contributed by atoms with Gasteiger partial charge in [-0.15, -0.1) is 0 Å². The zero-order valence-electron chi connectivity index (χ0n) is 12.3. The van der Waals surface area contributed by atoms with Gasteiger partial charge in [0.15, 0.2) is 0 Å². The van der Waals surface area contributed by atoms with Crippen LogP contribution in [0.5, 0.6) is 0 Å². The molecule has 0 aromatic heterocycles. The fraction of sp³-hybridized carbons (Fsp3) is 0.857. The fourth-order valence-corrected chi connectivity index (χ4v) is 3.09. The zero-order chi connectivity index (χ0) is 14.8. The first kappa shape index (κ1) is 15.1. The number of carboxylic acids is 1. The highest BCUT2D eigenvalue weighted by Crippen LogP contribution is 2.26. The number of carbonyl (C=O) groups excluding carboxylic acids is 1. The van der Waals surface area contributed by atoms with Gasteiger partial charge in [0.2, 0.25) is 0 Å². The van der Waals surface area contributed by atoms with Gasteiger partial charge >= 0.3 is 12.0 Å². The Hall–Kier alpha value is -1.30. The van der Waals surface area contributed by atoms with Crippen LogP contribution in [-0.2, 0) is 9.53 Å². The molecule has 2 rings (SSSR count). The van der Waals surface area contributed by atoms with Gasteiger partial charge in [0.1, 0.15) is 0 Å². The van der Waals surface area contributed by atoms with Crippen LogP contribution in [0.2, 0.25) is 0 Å². The van der Waals surface area contributed by atoms with Crippen LogP contribution in [0.1, 0.15) is 32.6 Å². The number of carbonyl (C=O) groups is 2. The minimum absolute atomic E-state index is 0.0427. The summed E-state index contributed by atoms with van der Waals surface area (Å²) in [7, 11) is 1.68. The summed E-state index contributed by atoms with van der Waals surface area (Å²) in [4.78, 5) is 27.1. The molecule has 1 N–H and O–H groups in total. The number of rotatable bonds is 2. The summed E-state index contributed by atoms with van der Waals surface area (Å²) < 4.78 is 5.50. The summed E-state index contributed by atoms with van der Waals surface area (Å²) >= 11 is 0. The number of methoxy groups -OCH3 is 1. The largest absolute Gasteiger partial charge is 0.481 e. The van der Waals surface area contributed by atoms with Crippen molar-refractivity contribution in [1.29, 1.82) is 0 Å². The van der Waals surface area contributed by atoms with Gasteiger partial charge < -0.3 is 19.6 Å². The average molecular weight is 284 g/mol. The maximum absolute atomic E-state index is 12.5. The van der Waals surface area contributed by atoms with Crippen molar-refractivity contribution in [3.63, 3.8) is 0 Å². The Labute approximate surface area is 119 Å². The van der Waals surface area contributed by atoms with Gasteiger partial charge in [-0.2, -0.15) is 0 Å². The van der Waals surface area contributed by atoms with Gasteiger partial charge in [-0.05, 0) is 32.6 Å². The smallest absolute Gasteiger partial charge is 0.320 e. The molecule has 0 aliphatic carbocycles. The number of urea groups is 1. The molecule has 2 amide bonds. The zero-order valence-corrected chi connectivity index (χ0v) is 12.3. The van der Waals surface area contributed by atoms with Crippen molar-refractivity contribution in [3.8, 4) is 0 Å². The molecule has 0 saturated carbocycles. The summed E-state index contributed by atoms with van der Waals surface area (Å²) in [6.45, 7) is 4.31. The van der Waals surface area contributed by atoms with Crippen LogP contribution < -0.4 is 0 Å². The molecule has 0 bridgehead atoms. The van der Waals surface area contributed by atoms with Gasteiger partial charge in [-0.1, -0.05) is 0 Å². The maximum atomic E-state index is 12.5. The number of amides is 2. The van der Waals surface area contributed by atoms with Crippen LogP contribution >= 0.6 is 0 Å². The summed E-state index contributed by atoms with van der Waals surface area (Å²) in [6, 6.07) is -0.0427. The van der Waals surface area contributed by atoms with E-state index in [1.807, 2.05) is 6.92 Å². The van der Waals surface area contributed by atoms with Crippen molar-refractivity contribution < 1.29 is 19.4 Å². The quantitative estimate of drug-likeness (QED) is 0.832. The molecule has 0 aromatic rings. The van der Waals surface area contributed by atoms with Gasteiger partial charge in [0.05, 0.1) is 18.1 Å². The lowest BCUT2D eigenvalue weighted by Crippen LogP contribution is -2.55. The highest BCUT2D eigenvalue weighted by atomic mass is 16.5. The molecule has 0 radical (unpaired) electrons. The van der Waals surface area contributed by atoms with E-state index >= 15 is 0 Å². The molecular weight excluding hydrogens is 260 g/mol. The standard InChI is InChI=1S/C14H24N2O4/c1-14(20-2)6-4-8-16(10-14)13(19)15-7-3-5-11(9-15)12(17)18/h11H,3-10H2,1-2H3,(H,17,18)/t11-,14?/m1/s1. The topological polar surface area (TPSA) is 70.1 Å². The second-order valence-corrected chi connectivity index (χ2v) is 6.09. The summed E-state index contributed by atoms with van der Waals surface area (Å²) in [5, 5.41) is 9.10. The van der Waals surface area contributed by atoms with E-state index in [0.717, 1.165) is 25.8 Å². The summed E-state index contributed by atoms with van der Waals surface area (Å²) in [5.41, 5.74) is -0.282. The minimum Gasteiger partial charge on any atom is -0.481 e. The lowest BCUT2D eigenvalue weighted by Gasteiger charge is -2.42. The predicted octanol–water partition coefficient (Wildman–Crippen LogP) is 1.40. The van der Waals surface area contributed by atoms with E-state index in [2.05, 4.69) is 0 Å². The lowest BCUT2D eigenvalue weighted by atomic mass is 9.94. The van der Waals surface area contributed by atoms with Crippen LogP contribution in [-0.4, -0.2) is 65.8 Å². The first-order chi connectivity index (χ1) is 9.45. The molecule has 0 aromatic carbocycles. The molecule has 0 spiro atoms. The van der Waals surface area contributed by atoms with E-state index in [9.17, 15) is 9.59 Å². The van der Waals surface area contributed by atoms with E-state index in [-0.39, 0.29) is 11.6 Å². The van der Waals surface area contributed by atoms with Gasteiger partial charge in [-0.25, -0.2) is 4.79 Å². The molecule has 6 heteroatoms. The second-order valence-electron chi connectivity index (χ2n) is 6.09. The molecule has 114 valence electrons. The van der Waals surface area contributed by atoms with Crippen molar-refractivity contribution in [1.82, 2.24) is 9.80 Å². The van der Waals surface area contributed by atoms with Crippen molar-refractivity contribution >= 4 is 12.0 Å². The van der Waals surface area contributed by atoms with Crippen molar-refractivity contribution in [2.45, 2.75) is 38.2 Å². The summed E-state index contributed by atoms with van der Waals surface area (Å²) in [5.74, 6) is -1.23. The molecule has 2 heterocycles. The molecule has 20 heavy (non-hydrogen) atoms. The molecule has 2 fully saturated rings. The third kappa shape index (κ3) is 3.23. The monoisotopic (exact) mass is 284 g/mol. The van der Waals surface area contributed by atoms with E-state index < -0.39 is 11.9 Å². The molecule has 2 aliphatic rings. The molecular formula is C14H24N2O4. The molecule has 2 aliphatic heterocycles. The number of hydrogen-bond donors (Lipinski definition) is 1. The third-order valence-electron chi connectivity index (χ3n) is 4.46. The maximum Gasteiger partial charge on any atom is 0.320 e. The van der Waals surface area contributed by atoms with Crippen molar-refractivity contribution in [3.05, 3.63) is 0 Å².